The maximum Gasteiger partial charge on any atom is 0.340 e. The molecule has 0 aliphatic rings. The molecule has 0 saturated heterocycles. The molecule has 0 heterocycles. The first-order valence-electron chi connectivity index (χ1n) is 9.71. The Hall–Kier alpha value is -3.65. The SMILES string of the molecule is COc1ccc(C)cc1NC(=O)[C@H](OC(=O)c1ccccc1S(C)(=O)=O)c1ccccc1. The average molecular weight is 454 g/mol. The second-order valence-corrected chi connectivity index (χ2v) is 9.14. The lowest BCUT2D eigenvalue weighted by Crippen LogP contribution is -2.26. The number of ether oxygens (including phenoxy) is 2. The minimum absolute atomic E-state index is 0.142. The van der Waals surface area contributed by atoms with Gasteiger partial charge in [0.2, 0.25) is 6.10 Å². The number of hydrogen-bond donors (Lipinski definition) is 1. The van der Waals surface area contributed by atoms with Crippen molar-refractivity contribution >= 4 is 27.4 Å². The zero-order valence-corrected chi connectivity index (χ0v) is 18.7. The molecule has 3 rings (SSSR count). The minimum Gasteiger partial charge on any atom is -0.495 e. The van der Waals surface area contributed by atoms with Crippen LogP contribution in [0.4, 0.5) is 5.69 Å². The number of carbonyl (C=O) groups excluding carboxylic acids is 2. The van der Waals surface area contributed by atoms with Gasteiger partial charge in [-0.1, -0.05) is 48.5 Å². The summed E-state index contributed by atoms with van der Waals surface area (Å²) in [5.74, 6) is -1.08. The summed E-state index contributed by atoms with van der Waals surface area (Å²) in [5, 5.41) is 2.74. The number of benzene rings is 3. The van der Waals surface area contributed by atoms with E-state index in [1.165, 1.54) is 31.4 Å². The first-order chi connectivity index (χ1) is 15.2. The molecule has 0 aliphatic heterocycles. The fraction of sp³-hybridized carbons (Fsp3) is 0.167. The molecule has 3 aromatic carbocycles. The smallest absolute Gasteiger partial charge is 0.340 e. The molecule has 32 heavy (non-hydrogen) atoms. The lowest BCUT2D eigenvalue weighted by molar-refractivity contribution is -0.125. The topological polar surface area (TPSA) is 98.8 Å². The molecule has 8 heteroatoms. The van der Waals surface area contributed by atoms with E-state index in [0.29, 0.717) is 17.0 Å². The summed E-state index contributed by atoms with van der Waals surface area (Å²) in [5.41, 5.74) is 1.61. The third-order valence-corrected chi connectivity index (χ3v) is 5.84. The minimum atomic E-state index is -3.68. The molecule has 1 amide bonds. The van der Waals surface area contributed by atoms with Gasteiger partial charge in [0, 0.05) is 11.8 Å². The van der Waals surface area contributed by atoms with Crippen LogP contribution in [0, 0.1) is 6.92 Å². The molecular weight excluding hydrogens is 430 g/mol. The van der Waals surface area contributed by atoms with Crippen molar-refractivity contribution in [3.05, 3.63) is 89.5 Å². The molecule has 0 saturated carbocycles. The number of rotatable bonds is 7. The molecule has 0 radical (unpaired) electrons. The number of anilines is 1. The molecule has 0 bridgehead atoms. The van der Waals surface area contributed by atoms with Crippen molar-refractivity contribution < 1.29 is 27.5 Å². The van der Waals surface area contributed by atoms with Gasteiger partial charge >= 0.3 is 5.97 Å². The fourth-order valence-corrected chi connectivity index (χ4v) is 4.02. The molecule has 0 fully saturated rings. The van der Waals surface area contributed by atoms with Crippen molar-refractivity contribution in [1.82, 2.24) is 0 Å². The Kier molecular flexibility index (Phi) is 6.95. The summed E-state index contributed by atoms with van der Waals surface area (Å²) in [6, 6.07) is 19.5. The van der Waals surface area contributed by atoms with Gasteiger partial charge in [0.25, 0.3) is 5.91 Å². The lowest BCUT2D eigenvalue weighted by atomic mass is 10.1. The first kappa shape index (κ1) is 23.0. The third kappa shape index (κ3) is 5.33. The molecule has 0 aliphatic carbocycles. The van der Waals surface area contributed by atoms with E-state index in [4.69, 9.17) is 9.47 Å². The summed E-state index contributed by atoms with van der Waals surface area (Å²) in [6.07, 6.45) is -0.314. The van der Waals surface area contributed by atoms with Gasteiger partial charge in [0.1, 0.15) is 5.75 Å². The highest BCUT2D eigenvalue weighted by atomic mass is 32.2. The highest BCUT2D eigenvalue weighted by molar-refractivity contribution is 7.90. The number of aryl methyl sites for hydroxylation is 1. The number of carbonyl (C=O) groups is 2. The van der Waals surface area contributed by atoms with E-state index in [9.17, 15) is 18.0 Å². The number of nitrogens with one attached hydrogen (secondary N) is 1. The van der Waals surface area contributed by atoms with Gasteiger partial charge in [0.15, 0.2) is 9.84 Å². The van der Waals surface area contributed by atoms with Crippen LogP contribution in [-0.4, -0.2) is 33.7 Å². The van der Waals surface area contributed by atoms with Gasteiger partial charge in [-0.05, 0) is 36.8 Å². The molecule has 166 valence electrons. The summed E-state index contributed by atoms with van der Waals surface area (Å²) in [6.45, 7) is 1.87. The van der Waals surface area contributed by atoms with Crippen LogP contribution in [0.2, 0.25) is 0 Å². The van der Waals surface area contributed by atoms with E-state index in [1.807, 2.05) is 13.0 Å². The summed E-state index contributed by atoms with van der Waals surface area (Å²) < 4.78 is 35.0. The number of sulfone groups is 1. The lowest BCUT2D eigenvalue weighted by Gasteiger charge is -2.20. The van der Waals surface area contributed by atoms with Crippen LogP contribution < -0.4 is 10.1 Å². The van der Waals surface area contributed by atoms with E-state index >= 15 is 0 Å². The maximum atomic E-state index is 13.2. The number of amides is 1. The van der Waals surface area contributed by atoms with Crippen molar-refractivity contribution in [2.24, 2.45) is 0 Å². The summed E-state index contributed by atoms with van der Waals surface area (Å²) in [7, 11) is -2.20. The number of hydrogen-bond acceptors (Lipinski definition) is 6. The van der Waals surface area contributed by atoms with E-state index in [1.54, 1.807) is 42.5 Å². The highest BCUT2D eigenvalue weighted by Crippen LogP contribution is 2.28. The van der Waals surface area contributed by atoms with Gasteiger partial charge in [-0.15, -0.1) is 0 Å². The second-order valence-electron chi connectivity index (χ2n) is 7.16. The van der Waals surface area contributed by atoms with Crippen molar-refractivity contribution in [3.8, 4) is 5.75 Å². The van der Waals surface area contributed by atoms with Crippen molar-refractivity contribution in [1.29, 1.82) is 0 Å². The molecule has 1 N–H and O–H groups in total. The molecule has 0 spiro atoms. The standard InChI is InChI=1S/C24H23NO6S/c1-16-13-14-20(30-2)19(15-16)25-23(26)22(17-9-5-4-6-10-17)31-24(27)18-11-7-8-12-21(18)32(3,28)29/h4-15,22H,1-3H3,(H,25,26)/t22-/m1/s1. The van der Waals surface area contributed by atoms with E-state index in [0.717, 1.165) is 11.8 Å². The normalized spacial score (nSPS) is 12.0. The summed E-state index contributed by atoms with van der Waals surface area (Å²) in [4.78, 5) is 25.9. The maximum absolute atomic E-state index is 13.2. The molecule has 0 unspecified atom stereocenters. The second kappa shape index (κ2) is 9.65. The van der Waals surface area contributed by atoms with Crippen LogP contribution >= 0.6 is 0 Å². The van der Waals surface area contributed by atoms with Gasteiger partial charge in [-0.3, -0.25) is 4.79 Å². The third-order valence-electron chi connectivity index (χ3n) is 4.68. The Bertz CT molecular complexity index is 1240. The zero-order valence-electron chi connectivity index (χ0n) is 17.9. The van der Waals surface area contributed by atoms with Crippen LogP contribution in [0.25, 0.3) is 0 Å². The molecule has 0 aromatic heterocycles. The molecule has 7 nitrogen and oxygen atoms in total. The predicted octanol–water partition coefficient (Wildman–Crippen LogP) is 3.94. The largest absolute Gasteiger partial charge is 0.495 e. The molecule has 3 aromatic rings. The Morgan fingerprint density at radius 2 is 1.59 bits per heavy atom. The van der Waals surface area contributed by atoms with Crippen molar-refractivity contribution in [2.45, 2.75) is 17.9 Å². The van der Waals surface area contributed by atoms with Gasteiger partial charge in [-0.2, -0.15) is 0 Å². The Morgan fingerprint density at radius 1 is 0.938 bits per heavy atom. The van der Waals surface area contributed by atoms with Crippen LogP contribution in [-0.2, 0) is 19.4 Å². The zero-order chi connectivity index (χ0) is 23.3. The monoisotopic (exact) mass is 453 g/mol. The van der Waals surface area contributed by atoms with Crippen molar-refractivity contribution in [2.75, 3.05) is 18.7 Å². The number of methoxy groups -OCH3 is 1. The van der Waals surface area contributed by atoms with E-state index in [2.05, 4.69) is 5.32 Å². The Labute approximate surface area is 186 Å². The Morgan fingerprint density at radius 3 is 2.25 bits per heavy atom. The van der Waals surface area contributed by atoms with Gasteiger partial charge < -0.3 is 14.8 Å². The van der Waals surface area contributed by atoms with Crippen LogP contribution in [0.3, 0.4) is 0 Å². The first-order valence-corrected chi connectivity index (χ1v) is 11.6. The van der Waals surface area contributed by atoms with Crippen LogP contribution in [0.1, 0.15) is 27.6 Å². The van der Waals surface area contributed by atoms with Gasteiger partial charge in [-0.25, -0.2) is 13.2 Å². The Balaban J connectivity index is 1.96. The average Bonchev–Trinajstić information content (AvgIpc) is 2.77. The van der Waals surface area contributed by atoms with Crippen molar-refractivity contribution in [3.63, 3.8) is 0 Å². The van der Waals surface area contributed by atoms with E-state index < -0.39 is 27.8 Å². The van der Waals surface area contributed by atoms with Gasteiger partial charge in [0.05, 0.1) is 23.3 Å². The quantitative estimate of drug-likeness (QED) is 0.544. The molecular formula is C24H23NO6S. The van der Waals surface area contributed by atoms with E-state index in [-0.39, 0.29) is 10.5 Å². The predicted molar refractivity (Wildman–Crippen MR) is 121 cm³/mol. The molecule has 1 atom stereocenters. The highest BCUT2D eigenvalue weighted by Gasteiger charge is 2.28. The number of esters is 1. The van der Waals surface area contributed by atoms with Crippen LogP contribution in [0.15, 0.2) is 77.7 Å². The van der Waals surface area contributed by atoms with Crippen LogP contribution in [0.5, 0.6) is 5.75 Å². The fourth-order valence-electron chi connectivity index (χ4n) is 3.15. The summed E-state index contributed by atoms with van der Waals surface area (Å²) >= 11 is 0.